The summed E-state index contributed by atoms with van der Waals surface area (Å²) in [5, 5.41) is 0. The van der Waals surface area contributed by atoms with Gasteiger partial charge in [0.15, 0.2) is 0 Å². The first kappa shape index (κ1) is 20.0. The first-order chi connectivity index (χ1) is 15.7. The van der Waals surface area contributed by atoms with Crippen molar-refractivity contribution in [2.75, 3.05) is 0 Å². The third-order valence-corrected chi connectivity index (χ3v) is 5.90. The Morgan fingerprint density at radius 1 is 0.281 bits per heavy atom. The van der Waals surface area contributed by atoms with Crippen LogP contribution in [0.15, 0.2) is 121 Å². The molecule has 32 heavy (non-hydrogen) atoms. The van der Waals surface area contributed by atoms with Crippen LogP contribution >= 0.6 is 0 Å². The molecule has 0 N–H and O–H groups in total. The van der Waals surface area contributed by atoms with Crippen LogP contribution in [0, 0.1) is 13.8 Å². The quantitative estimate of drug-likeness (QED) is 0.277. The Hall–Kier alpha value is -3.90. The standard InChI is InChI=1S/C32H26/c1-23-16-24(2)18-29(17-23)27-14-9-15-28(19-27)32-21-30(25-10-5-3-6-11-25)20-31(22-32)26-12-7-4-8-13-26/h3-22H,1-2H3. The molecular formula is C32H26. The van der Waals surface area contributed by atoms with Gasteiger partial charge < -0.3 is 0 Å². The summed E-state index contributed by atoms with van der Waals surface area (Å²) in [7, 11) is 0. The van der Waals surface area contributed by atoms with Crippen LogP contribution in [0.4, 0.5) is 0 Å². The zero-order chi connectivity index (χ0) is 21.9. The molecule has 0 saturated carbocycles. The number of hydrogen-bond donors (Lipinski definition) is 0. The summed E-state index contributed by atoms with van der Waals surface area (Å²) in [4.78, 5) is 0. The second kappa shape index (κ2) is 8.69. The normalized spacial score (nSPS) is 10.8. The number of rotatable bonds is 4. The Morgan fingerprint density at radius 2 is 0.625 bits per heavy atom. The molecule has 0 heteroatoms. The fourth-order valence-electron chi connectivity index (χ4n) is 4.41. The maximum Gasteiger partial charge on any atom is -0.0171 e. The van der Waals surface area contributed by atoms with Crippen molar-refractivity contribution in [2.24, 2.45) is 0 Å². The molecule has 0 bridgehead atoms. The van der Waals surface area contributed by atoms with Gasteiger partial charge in [-0.25, -0.2) is 0 Å². The van der Waals surface area contributed by atoms with Crippen LogP contribution < -0.4 is 0 Å². The Balaban J connectivity index is 1.66. The molecule has 0 spiro atoms. The van der Waals surface area contributed by atoms with Gasteiger partial charge in [-0.1, -0.05) is 108 Å². The highest BCUT2D eigenvalue weighted by atomic mass is 14.1. The van der Waals surface area contributed by atoms with Crippen LogP contribution in [-0.2, 0) is 0 Å². The van der Waals surface area contributed by atoms with Gasteiger partial charge >= 0.3 is 0 Å². The van der Waals surface area contributed by atoms with E-state index in [4.69, 9.17) is 0 Å². The highest BCUT2D eigenvalue weighted by Crippen LogP contribution is 2.34. The lowest BCUT2D eigenvalue weighted by atomic mass is 9.92. The van der Waals surface area contributed by atoms with Crippen LogP contribution in [0.5, 0.6) is 0 Å². The molecule has 0 aromatic heterocycles. The van der Waals surface area contributed by atoms with E-state index in [1.807, 2.05) is 0 Å². The van der Waals surface area contributed by atoms with E-state index in [2.05, 4.69) is 135 Å². The van der Waals surface area contributed by atoms with Gasteiger partial charge in [-0.15, -0.1) is 0 Å². The fraction of sp³-hybridized carbons (Fsp3) is 0.0625. The van der Waals surface area contributed by atoms with E-state index >= 15 is 0 Å². The van der Waals surface area contributed by atoms with Crippen molar-refractivity contribution >= 4 is 0 Å². The molecule has 154 valence electrons. The molecular weight excluding hydrogens is 384 g/mol. The van der Waals surface area contributed by atoms with Crippen molar-refractivity contribution < 1.29 is 0 Å². The van der Waals surface area contributed by atoms with Crippen molar-refractivity contribution in [2.45, 2.75) is 13.8 Å². The lowest BCUT2D eigenvalue weighted by Gasteiger charge is -2.13. The maximum atomic E-state index is 2.31. The second-order valence-corrected chi connectivity index (χ2v) is 8.49. The summed E-state index contributed by atoms with van der Waals surface area (Å²) in [6.45, 7) is 4.33. The van der Waals surface area contributed by atoms with E-state index < -0.39 is 0 Å². The Kier molecular flexibility index (Phi) is 5.44. The van der Waals surface area contributed by atoms with E-state index in [0.717, 1.165) is 0 Å². The van der Waals surface area contributed by atoms with Crippen molar-refractivity contribution in [3.63, 3.8) is 0 Å². The molecule has 0 radical (unpaired) electrons. The Bertz CT molecular complexity index is 1280. The average Bonchev–Trinajstić information content (AvgIpc) is 2.84. The summed E-state index contributed by atoms with van der Waals surface area (Å²) in [5.74, 6) is 0. The molecule has 0 atom stereocenters. The lowest BCUT2D eigenvalue weighted by Crippen LogP contribution is -1.87. The summed E-state index contributed by atoms with van der Waals surface area (Å²) in [6, 6.07) is 43.8. The molecule has 0 aliphatic carbocycles. The zero-order valence-electron chi connectivity index (χ0n) is 18.5. The summed E-state index contributed by atoms with van der Waals surface area (Å²) >= 11 is 0. The van der Waals surface area contributed by atoms with E-state index in [1.165, 1.54) is 55.6 Å². The average molecular weight is 411 g/mol. The second-order valence-electron chi connectivity index (χ2n) is 8.49. The van der Waals surface area contributed by atoms with Gasteiger partial charge in [0.2, 0.25) is 0 Å². The van der Waals surface area contributed by atoms with Crippen molar-refractivity contribution in [3.8, 4) is 44.5 Å². The molecule has 5 rings (SSSR count). The van der Waals surface area contributed by atoms with Gasteiger partial charge in [0, 0.05) is 0 Å². The largest absolute Gasteiger partial charge is 0.0622 e. The van der Waals surface area contributed by atoms with Crippen LogP contribution in [0.25, 0.3) is 44.5 Å². The van der Waals surface area contributed by atoms with Crippen molar-refractivity contribution in [1.29, 1.82) is 0 Å². The van der Waals surface area contributed by atoms with E-state index in [9.17, 15) is 0 Å². The topological polar surface area (TPSA) is 0 Å². The molecule has 0 aliphatic heterocycles. The predicted octanol–water partition coefficient (Wildman–Crippen LogP) is 8.97. The van der Waals surface area contributed by atoms with Gasteiger partial charge in [-0.3, -0.25) is 0 Å². The summed E-state index contributed by atoms with van der Waals surface area (Å²) in [5.41, 5.74) is 12.5. The van der Waals surface area contributed by atoms with Gasteiger partial charge in [-0.05, 0) is 82.6 Å². The minimum atomic E-state index is 1.23. The highest BCUT2D eigenvalue weighted by Gasteiger charge is 2.09. The first-order valence-electron chi connectivity index (χ1n) is 11.1. The lowest BCUT2D eigenvalue weighted by molar-refractivity contribution is 1.38. The monoisotopic (exact) mass is 410 g/mol. The van der Waals surface area contributed by atoms with Gasteiger partial charge in [0.05, 0.1) is 0 Å². The Labute approximate surface area is 190 Å². The van der Waals surface area contributed by atoms with E-state index in [-0.39, 0.29) is 0 Å². The minimum absolute atomic E-state index is 1.23. The van der Waals surface area contributed by atoms with E-state index in [0.29, 0.717) is 0 Å². The molecule has 0 amide bonds. The SMILES string of the molecule is Cc1cc(C)cc(-c2cccc(-c3cc(-c4ccccc4)cc(-c4ccccc4)c3)c2)c1. The number of benzene rings is 5. The van der Waals surface area contributed by atoms with Crippen molar-refractivity contribution in [1.82, 2.24) is 0 Å². The fourth-order valence-corrected chi connectivity index (χ4v) is 4.41. The van der Waals surface area contributed by atoms with Crippen molar-refractivity contribution in [3.05, 3.63) is 132 Å². The molecule has 0 unspecified atom stereocenters. The molecule has 0 aliphatic rings. The molecule has 0 heterocycles. The first-order valence-corrected chi connectivity index (χ1v) is 11.1. The van der Waals surface area contributed by atoms with E-state index in [1.54, 1.807) is 0 Å². The summed E-state index contributed by atoms with van der Waals surface area (Å²) < 4.78 is 0. The van der Waals surface area contributed by atoms with Crippen LogP contribution in [0.2, 0.25) is 0 Å². The van der Waals surface area contributed by atoms with Crippen LogP contribution in [-0.4, -0.2) is 0 Å². The van der Waals surface area contributed by atoms with Gasteiger partial charge in [-0.2, -0.15) is 0 Å². The molecule has 0 fully saturated rings. The zero-order valence-corrected chi connectivity index (χ0v) is 18.5. The molecule has 0 nitrogen and oxygen atoms in total. The van der Waals surface area contributed by atoms with Crippen LogP contribution in [0.3, 0.4) is 0 Å². The molecule has 0 saturated heterocycles. The van der Waals surface area contributed by atoms with Crippen LogP contribution in [0.1, 0.15) is 11.1 Å². The Morgan fingerprint density at radius 3 is 1.09 bits per heavy atom. The maximum absolute atomic E-state index is 2.31. The number of aryl methyl sites for hydroxylation is 2. The highest BCUT2D eigenvalue weighted by molar-refractivity contribution is 5.82. The third kappa shape index (κ3) is 4.26. The predicted molar refractivity (Wildman–Crippen MR) is 138 cm³/mol. The third-order valence-electron chi connectivity index (χ3n) is 5.90. The van der Waals surface area contributed by atoms with Gasteiger partial charge in [0.25, 0.3) is 0 Å². The smallest absolute Gasteiger partial charge is 0.0171 e. The van der Waals surface area contributed by atoms with Gasteiger partial charge in [0.1, 0.15) is 0 Å². The molecule has 5 aromatic carbocycles. The minimum Gasteiger partial charge on any atom is -0.0622 e. The molecule has 5 aromatic rings. The summed E-state index contributed by atoms with van der Waals surface area (Å²) in [6.07, 6.45) is 0. The number of hydrogen-bond acceptors (Lipinski definition) is 0.